The molecule has 1 amide bonds. The van der Waals surface area contributed by atoms with E-state index in [2.05, 4.69) is 18.7 Å². The molecular weight excluding hydrogens is 304 g/mol. The van der Waals surface area contributed by atoms with E-state index in [1.165, 1.54) is 0 Å². The van der Waals surface area contributed by atoms with E-state index in [9.17, 15) is 4.79 Å². The lowest BCUT2D eigenvalue weighted by Gasteiger charge is -2.35. The van der Waals surface area contributed by atoms with E-state index in [1.54, 1.807) is 11.8 Å². The fourth-order valence-corrected chi connectivity index (χ4v) is 3.64. The summed E-state index contributed by atoms with van der Waals surface area (Å²) in [5.41, 5.74) is 0. The fourth-order valence-electron chi connectivity index (χ4n) is 2.47. The van der Waals surface area contributed by atoms with E-state index >= 15 is 0 Å². The van der Waals surface area contributed by atoms with Gasteiger partial charge in [-0.25, -0.2) is 0 Å². The summed E-state index contributed by atoms with van der Waals surface area (Å²) in [6.07, 6.45) is 0.847. The zero-order chi connectivity index (χ0) is 15.2. The first-order valence-corrected chi connectivity index (χ1v) is 8.83. The second-order valence-electron chi connectivity index (χ2n) is 5.23. The molecule has 21 heavy (non-hydrogen) atoms. The third kappa shape index (κ3) is 4.63. The van der Waals surface area contributed by atoms with E-state index in [1.807, 2.05) is 29.2 Å². The molecule has 1 aromatic rings. The normalized spacial score (nSPS) is 17.8. The molecule has 0 unspecified atom stereocenters. The minimum atomic E-state index is -0.000600. The Morgan fingerprint density at radius 1 is 1.19 bits per heavy atom. The van der Waals surface area contributed by atoms with Crippen LogP contribution >= 0.6 is 23.4 Å². The SMILES string of the molecule is CC[C@@H](Sc1ccc(Cl)cc1)C(=O)N1CCN(CC)CC1. The summed E-state index contributed by atoms with van der Waals surface area (Å²) in [4.78, 5) is 18.2. The highest BCUT2D eigenvalue weighted by atomic mass is 35.5. The predicted molar refractivity (Wildman–Crippen MR) is 90.1 cm³/mol. The average Bonchev–Trinajstić information content (AvgIpc) is 2.54. The van der Waals surface area contributed by atoms with Gasteiger partial charge in [0.05, 0.1) is 5.25 Å². The molecule has 2 rings (SSSR count). The van der Waals surface area contributed by atoms with Crippen LogP contribution < -0.4 is 0 Å². The lowest BCUT2D eigenvalue weighted by Crippen LogP contribution is -2.50. The van der Waals surface area contributed by atoms with E-state index in [0.717, 1.165) is 49.1 Å². The van der Waals surface area contributed by atoms with Gasteiger partial charge >= 0.3 is 0 Å². The number of thioether (sulfide) groups is 1. The molecule has 1 fully saturated rings. The van der Waals surface area contributed by atoms with Crippen molar-refractivity contribution in [2.75, 3.05) is 32.7 Å². The van der Waals surface area contributed by atoms with Gasteiger partial charge in [0.1, 0.15) is 0 Å². The molecule has 0 N–H and O–H groups in total. The van der Waals surface area contributed by atoms with Gasteiger partial charge in [-0.15, -0.1) is 11.8 Å². The number of hydrogen-bond acceptors (Lipinski definition) is 3. The van der Waals surface area contributed by atoms with E-state index in [0.29, 0.717) is 0 Å². The van der Waals surface area contributed by atoms with Crippen LogP contribution in [0.3, 0.4) is 0 Å². The van der Waals surface area contributed by atoms with Crippen LogP contribution in [0.25, 0.3) is 0 Å². The van der Waals surface area contributed by atoms with Crippen molar-refractivity contribution in [1.82, 2.24) is 9.80 Å². The van der Waals surface area contributed by atoms with Crippen LogP contribution in [0.15, 0.2) is 29.2 Å². The lowest BCUT2D eigenvalue weighted by atomic mass is 10.2. The van der Waals surface area contributed by atoms with Crippen LogP contribution in [-0.4, -0.2) is 53.7 Å². The number of nitrogens with zero attached hydrogens (tertiary/aromatic N) is 2. The van der Waals surface area contributed by atoms with Crippen LogP contribution in [0.2, 0.25) is 5.02 Å². The predicted octanol–water partition coefficient (Wildman–Crippen LogP) is 3.37. The summed E-state index contributed by atoms with van der Waals surface area (Å²) < 4.78 is 0. The van der Waals surface area contributed by atoms with E-state index in [-0.39, 0.29) is 11.2 Å². The quantitative estimate of drug-likeness (QED) is 0.775. The van der Waals surface area contributed by atoms with Crippen LogP contribution in [0.4, 0.5) is 0 Å². The Kier molecular flexibility index (Phi) is 6.40. The number of piperazine rings is 1. The molecule has 0 bridgehead atoms. The molecule has 0 aliphatic carbocycles. The Hall–Kier alpha value is -0.710. The zero-order valence-corrected chi connectivity index (χ0v) is 14.3. The van der Waals surface area contributed by atoms with Gasteiger partial charge < -0.3 is 9.80 Å². The summed E-state index contributed by atoms with van der Waals surface area (Å²) in [6.45, 7) is 9.00. The summed E-state index contributed by atoms with van der Waals surface area (Å²) in [7, 11) is 0. The number of rotatable bonds is 5. The summed E-state index contributed by atoms with van der Waals surface area (Å²) in [5.74, 6) is 0.271. The minimum Gasteiger partial charge on any atom is -0.339 e. The second-order valence-corrected chi connectivity index (χ2v) is 6.94. The van der Waals surface area contributed by atoms with Gasteiger partial charge in [0.25, 0.3) is 0 Å². The highest BCUT2D eigenvalue weighted by molar-refractivity contribution is 8.00. The first-order valence-electron chi connectivity index (χ1n) is 7.57. The molecule has 1 aromatic carbocycles. The third-order valence-corrected chi connectivity index (χ3v) is 5.49. The van der Waals surface area contributed by atoms with Crippen molar-refractivity contribution in [3.05, 3.63) is 29.3 Å². The molecule has 1 saturated heterocycles. The fraction of sp³-hybridized carbons (Fsp3) is 0.562. The highest BCUT2D eigenvalue weighted by Crippen LogP contribution is 2.28. The zero-order valence-electron chi connectivity index (χ0n) is 12.7. The van der Waals surface area contributed by atoms with Gasteiger partial charge in [0, 0.05) is 36.1 Å². The minimum absolute atomic E-state index is 0.000600. The maximum Gasteiger partial charge on any atom is 0.236 e. The summed E-state index contributed by atoms with van der Waals surface area (Å²) in [5, 5.41) is 0.730. The van der Waals surface area contributed by atoms with Gasteiger partial charge in [-0.1, -0.05) is 25.4 Å². The molecule has 1 atom stereocenters. The molecule has 0 radical (unpaired) electrons. The number of carbonyl (C=O) groups is 1. The first-order chi connectivity index (χ1) is 10.1. The van der Waals surface area contributed by atoms with Gasteiger partial charge in [0.2, 0.25) is 5.91 Å². The van der Waals surface area contributed by atoms with Crippen molar-refractivity contribution in [3.63, 3.8) is 0 Å². The largest absolute Gasteiger partial charge is 0.339 e. The lowest BCUT2D eigenvalue weighted by molar-refractivity contribution is -0.132. The monoisotopic (exact) mass is 326 g/mol. The second kappa shape index (κ2) is 8.06. The number of halogens is 1. The van der Waals surface area contributed by atoms with Crippen LogP contribution in [0.5, 0.6) is 0 Å². The molecule has 5 heteroatoms. The molecule has 0 aromatic heterocycles. The Labute approximate surface area is 136 Å². The van der Waals surface area contributed by atoms with E-state index < -0.39 is 0 Å². The standard InChI is InChI=1S/C16H23ClN2OS/c1-3-15(21-14-7-5-13(17)6-8-14)16(20)19-11-9-18(4-2)10-12-19/h5-8,15H,3-4,9-12H2,1-2H3/t15-/m1/s1. The Bertz CT molecular complexity index is 458. The van der Waals surface area contributed by atoms with Crippen molar-refractivity contribution >= 4 is 29.3 Å². The molecule has 116 valence electrons. The molecule has 1 heterocycles. The van der Waals surface area contributed by atoms with Crippen molar-refractivity contribution in [3.8, 4) is 0 Å². The van der Waals surface area contributed by atoms with Crippen LogP contribution in [0.1, 0.15) is 20.3 Å². The van der Waals surface area contributed by atoms with Crippen LogP contribution in [0, 0.1) is 0 Å². The van der Waals surface area contributed by atoms with Gasteiger partial charge in [0.15, 0.2) is 0 Å². The summed E-state index contributed by atoms with van der Waals surface area (Å²) >= 11 is 7.55. The number of benzene rings is 1. The molecule has 3 nitrogen and oxygen atoms in total. The van der Waals surface area contributed by atoms with Crippen molar-refractivity contribution < 1.29 is 4.79 Å². The molecule has 0 saturated carbocycles. The van der Waals surface area contributed by atoms with Gasteiger partial charge in [-0.3, -0.25) is 4.79 Å². The smallest absolute Gasteiger partial charge is 0.236 e. The number of amides is 1. The first kappa shape index (κ1) is 16.7. The van der Waals surface area contributed by atoms with E-state index in [4.69, 9.17) is 11.6 Å². The Morgan fingerprint density at radius 2 is 1.81 bits per heavy atom. The molecule has 1 aliphatic rings. The maximum absolute atomic E-state index is 12.7. The highest BCUT2D eigenvalue weighted by Gasteiger charge is 2.26. The Morgan fingerprint density at radius 3 is 2.33 bits per heavy atom. The van der Waals surface area contributed by atoms with Gasteiger partial charge in [-0.2, -0.15) is 0 Å². The third-order valence-electron chi connectivity index (χ3n) is 3.87. The molecule has 1 aliphatic heterocycles. The molecular formula is C16H23ClN2OS. The average molecular weight is 327 g/mol. The number of carbonyl (C=O) groups excluding carboxylic acids is 1. The number of hydrogen-bond donors (Lipinski definition) is 0. The van der Waals surface area contributed by atoms with Crippen molar-refractivity contribution in [1.29, 1.82) is 0 Å². The van der Waals surface area contributed by atoms with Gasteiger partial charge in [-0.05, 0) is 37.2 Å². The van der Waals surface area contributed by atoms with Crippen molar-refractivity contribution in [2.45, 2.75) is 30.4 Å². The topological polar surface area (TPSA) is 23.6 Å². The van der Waals surface area contributed by atoms with Crippen molar-refractivity contribution in [2.24, 2.45) is 0 Å². The molecule has 0 spiro atoms. The van der Waals surface area contributed by atoms with Crippen LogP contribution in [-0.2, 0) is 4.79 Å². The summed E-state index contributed by atoms with van der Waals surface area (Å²) in [6, 6.07) is 7.72. The Balaban J connectivity index is 1.94. The number of likely N-dealkylation sites (N-methyl/N-ethyl adjacent to an activating group) is 1. The maximum atomic E-state index is 12.7.